The number of hydrogen-bond acceptors (Lipinski definition) is 5. The summed E-state index contributed by atoms with van der Waals surface area (Å²) < 4.78 is 0. The van der Waals surface area contributed by atoms with E-state index in [0.717, 1.165) is 18.1 Å². The van der Waals surface area contributed by atoms with Crippen LogP contribution >= 0.6 is 11.8 Å². The predicted molar refractivity (Wildman–Crippen MR) is 147 cm³/mol. The van der Waals surface area contributed by atoms with Crippen molar-refractivity contribution in [2.45, 2.75) is 26.3 Å². The number of hydrogen-bond donors (Lipinski definition) is 0. The van der Waals surface area contributed by atoms with Crippen LogP contribution in [0.4, 0.5) is 0 Å². The largest absolute Gasteiger partial charge is 0.304 e. The van der Waals surface area contributed by atoms with Crippen LogP contribution in [0.2, 0.25) is 0 Å². The summed E-state index contributed by atoms with van der Waals surface area (Å²) >= 11 is 2.07. The number of rotatable bonds is 6. The zero-order chi connectivity index (χ0) is 23.5. The van der Waals surface area contributed by atoms with Crippen LogP contribution < -0.4 is 0 Å². The summed E-state index contributed by atoms with van der Waals surface area (Å²) in [7, 11) is 2.23. The third-order valence-electron chi connectivity index (χ3n) is 7.66. The van der Waals surface area contributed by atoms with Gasteiger partial charge in [0.05, 0.1) is 11.8 Å². The van der Waals surface area contributed by atoms with E-state index in [1.54, 1.807) is 0 Å². The highest BCUT2D eigenvalue weighted by Crippen LogP contribution is 2.44. The SMILES string of the molecule is Cc1ccccc1/C=C1\CSCC2C1=NN(CCCN1CCN(C)CC1)C2c1ccccc1C. The number of aryl methyl sites for hydroxylation is 2. The lowest BCUT2D eigenvalue weighted by molar-refractivity contribution is 0.139. The molecule has 180 valence electrons. The Hall–Kier alpha value is -2.08. The second kappa shape index (κ2) is 10.7. The van der Waals surface area contributed by atoms with E-state index < -0.39 is 0 Å². The molecule has 2 atom stereocenters. The quantitative estimate of drug-likeness (QED) is 0.581. The maximum atomic E-state index is 5.35. The van der Waals surface area contributed by atoms with Gasteiger partial charge in [0.15, 0.2) is 0 Å². The third kappa shape index (κ3) is 5.12. The first kappa shape index (κ1) is 23.7. The summed E-state index contributed by atoms with van der Waals surface area (Å²) in [5.74, 6) is 2.66. The standard InChI is InChI=1S/C29H38N4S/c1-22-9-4-6-11-24(22)19-25-20-34-21-27-28(25)30-33(29(27)26-12-7-5-10-23(26)2)14-8-13-32-17-15-31(3)16-18-32/h4-7,9-12,19,27,29H,8,13-18,20-21H2,1-3H3/b25-19+. The molecule has 34 heavy (non-hydrogen) atoms. The van der Waals surface area contributed by atoms with Gasteiger partial charge in [0, 0.05) is 50.1 Å². The molecule has 0 radical (unpaired) electrons. The minimum absolute atomic E-state index is 0.344. The van der Waals surface area contributed by atoms with E-state index in [9.17, 15) is 0 Å². The zero-order valence-electron chi connectivity index (χ0n) is 20.9. The topological polar surface area (TPSA) is 22.1 Å². The Balaban J connectivity index is 1.39. The number of nitrogens with zero attached hydrogens (tertiary/aromatic N) is 4. The molecule has 0 saturated carbocycles. The van der Waals surface area contributed by atoms with Gasteiger partial charge in [-0.05, 0) is 67.8 Å². The molecular formula is C29H38N4S. The Morgan fingerprint density at radius 2 is 1.68 bits per heavy atom. The van der Waals surface area contributed by atoms with Gasteiger partial charge in [-0.3, -0.25) is 5.01 Å². The minimum atomic E-state index is 0.344. The van der Waals surface area contributed by atoms with Gasteiger partial charge >= 0.3 is 0 Å². The number of thioether (sulfide) groups is 1. The van der Waals surface area contributed by atoms with Gasteiger partial charge in [-0.25, -0.2) is 0 Å². The average molecular weight is 475 g/mol. The Labute approximate surface area is 209 Å². The number of likely N-dealkylation sites (N-methyl/N-ethyl adjacent to an activating group) is 1. The Kier molecular flexibility index (Phi) is 7.43. The molecule has 5 heteroatoms. The Morgan fingerprint density at radius 1 is 0.941 bits per heavy atom. The summed E-state index contributed by atoms with van der Waals surface area (Å²) in [6.45, 7) is 11.4. The lowest BCUT2D eigenvalue weighted by atomic mass is 9.86. The van der Waals surface area contributed by atoms with Gasteiger partial charge in [-0.2, -0.15) is 16.9 Å². The van der Waals surface area contributed by atoms with Crippen molar-refractivity contribution in [2.75, 3.05) is 57.8 Å². The Morgan fingerprint density at radius 3 is 2.44 bits per heavy atom. The third-order valence-corrected chi connectivity index (χ3v) is 8.77. The molecule has 5 rings (SSSR count). The van der Waals surface area contributed by atoms with E-state index in [-0.39, 0.29) is 0 Å². The monoisotopic (exact) mass is 474 g/mol. The number of fused-ring (bicyclic) bond motifs is 1. The summed E-state index contributed by atoms with van der Waals surface area (Å²) in [6, 6.07) is 18.0. The van der Waals surface area contributed by atoms with E-state index in [0.29, 0.717) is 12.0 Å². The molecular weight excluding hydrogens is 436 g/mol. The van der Waals surface area contributed by atoms with Crippen LogP contribution in [-0.4, -0.2) is 78.3 Å². The molecule has 2 unspecified atom stereocenters. The first-order chi connectivity index (χ1) is 16.6. The molecule has 0 bridgehead atoms. The first-order valence-corrected chi connectivity index (χ1v) is 13.9. The molecule has 3 aliphatic rings. The Bertz CT molecular complexity index is 1050. The maximum absolute atomic E-state index is 5.35. The van der Waals surface area contributed by atoms with Crippen molar-refractivity contribution in [3.8, 4) is 0 Å². The average Bonchev–Trinajstić information content (AvgIpc) is 3.21. The van der Waals surface area contributed by atoms with Gasteiger partial charge < -0.3 is 9.80 Å². The van der Waals surface area contributed by atoms with Crippen molar-refractivity contribution in [1.29, 1.82) is 0 Å². The van der Waals surface area contributed by atoms with Gasteiger partial charge in [-0.15, -0.1) is 0 Å². The fourth-order valence-electron chi connectivity index (χ4n) is 5.54. The highest BCUT2D eigenvalue weighted by Gasteiger charge is 2.41. The fourth-order valence-corrected chi connectivity index (χ4v) is 6.70. The molecule has 0 spiro atoms. The second-order valence-electron chi connectivity index (χ2n) is 10.1. The van der Waals surface area contributed by atoms with E-state index in [1.165, 1.54) is 72.7 Å². The molecule has 0 aliphatic carbocycles. The summed E-state index contributed by atoms with van der Waals surface area (Å²) in [5, 5.41) is 7.79. The van der Waals surface area contributed by atoms with Crippen LogP contribution in [0.15, 0.2) is 59.2 Å². The van der Waals surface area contributed by atoms with Crippen molar-refractivity contribution < 1.29 is 0 Å². The van der Waals surface area contributed by atoms with Crippen LogP contribution in [0.1, 0.15) is 34.7 Å². The highest BCUT2D eigenvalue weighted by atomic mass is 32.2. The molecule has 0 aromatic heterocycles. The van der Waals surface area contributed by atoms with Crippen molar-refractivity contribution >= 4 is 23.5 Å². The minimum Gasteiger partial charge on any atom is -0.304 e. The molecule has 0 N–H and O–H groups in total. The maximum Gasteiger partial charge on any atom is 0.0814 e. The summed E-state index contributed by atoms with van der Waals surface area (Å²) in [4.78, 5) is 5.06. The molecule has 4 nitrogen and oxygen atoms in total. The van der Waals surface area contributed by atoms with Crippen molar-refractivity contribution in [3.63, 3.8) is 0 Å². The van der Waals surface area contributed by atoms with Gasteiger partial charge in [-0.1, -0.05) is 48.5 Å². The fraction of sp³-hybridized carbons (Fsp3) is 0.483. The van der Waals surface area contributed by atoms with Crippen LogP contribution in [0.25, 0.3) is 6.08 Å². The van der Waals surface area contributed by atoms with Crippen LogP contribution in [0.3, 0.4) is 0 Å². The number of piperazine rings is 1. The lowest BCUT2D eigenvalue weighted by Gasteiger charge is -2.34. The van der Waals surface area contributed by atoms with E-state index in [2.05, 4.69) is 102 Å². The smallest absolute Gasteiger partial charge is 0.0814 e. The van der Waals surface area contributed by atoms with Crippen LogP contribution in [-0.2, 0) is 0 Å². The normalized spacial score (nSPS) is 25.0. The molecule has 3 heterocycles. The van der Waals surface area contributed by atoms with Crippen molar-refractivity contribution in [2.24, 2.45) is 11.0 Å². The van der Waals surface area contributed by atoms with Gasteiger partial charge in [0.25, 0.3) is 0 Å². The second-order valence-corrected chi connectivity index (χ2v) is 11.1. The van der Waals surface area contributed by atoms with Crippen molar-refractivity contribution in [1.82, 2.24) is 14.8 Å². The highest BCUT2D eigenvalue weighted by molar-refractivity contribution is 7.99. The molecule has 3 aliphatic heterocycles. The van der Waals surface area contributed by atoms with Crippen molar-refractivity contribution in [3.05, 3.63) is 76.4 Å². The predicted octanol–water partition coefficient (Wildman–Crippen LogP) is 5.10. The zero-order valence-corrected chi connectivity index (χ0v) is 21.7. The van der Waals surface area contributed by atoms with E-state index in [4.69, 9.17) is 5.10 Å². The lowest BCUT2D eigenvalue weighted by Crippen LogP contribution is -2.45. The first-order valence-electron chi connectivity index (χ1n) is 12.8. The van der Waals surface area contributed by atoms with Gasteiger partial charge in [0.1, 0.15) is 0 Å². The summed E-state index contributed by atoms with van der Waals surface area (Å²) in [6.07, 6.45) is 3.57. The number of benzene rings is 2. The number of hydrazone groups is 1. The molecule has 2 saturated heterocycles. The molecule has 2 aromatic rings. The molecule has 0 amide bonds. The van der Waals surface area contributed by atoms with Crippen LogP contribution in [0.5, 0.6) is 0 Å². The summed E-state index contributed by atoms with van der Waals surface area (Å²) in [5.41, 5.74) is 8.23. The molecule has 2 aromatic carbocycles. The molecule has 2 fully saturated rings. The van der Waals surface area contributed by atoms with E-state index >= 15 is 0 Å². The van der Waals surface area contributed by atoms with Gasteiger partial charge in [0.2, 0.25) is 0 Å². The van der Waals surface area contributed by atoms with E-state index in [1.807, 2.05) is 0 Å². The van der Waals surface area contributed by atoms with Crippen LogP contribution in [0, 0.1) is 19.8 Å².